The van der Waals surface area contributed by atoms with E-state index in [1.165, 1.54) is 18.2 Å². The van der Waals surface area contributed by atoms with Crippen LogP contribution >= 0.6 is 0 Å². The van der Waals surface area contributed by atoms with Crippen molar-refractivity contribution in [3.63, 3.8) is 0 Å². The minimum atomic E-state index is -6.18. The molecule has 0 amide bonds. The second kappa shape index (κ2) is 13.2. The first-order chi connectivity index (χ1) is 22.9. The van der Waals surface area contributed by atoms with Gasteiger partial charge in [0.15, 0.2) is 0 Å². The first kappa shape index (κ1) is 38.1. The normalized spacial score (nSPS) is 13.3. The molecule has 50 heavy (non-hydrogen) atoms. The van der Waals surface area contributed by atoms with Crippen LogP contribution in [0.15, 0.2) is 91.0 Å². The first-order valence-electron chi connectivity index (χ1n) is 13.0. The van der Waals surface area contributed by atoms with Gasteiger partial charge in [0, 0.05) is 0 Å². The zero-order valence-electron chi connectivity index (χ0n) is 23.9. The molecule has 0 saturated heterocycles. The van der Waals surface area contributed by atoms with Crippen molar-refractivity contribution >= 4 is 20.2 Å². The highest BCUT2D eigenvalue weighted by Gasteiger charge is 2.65. The van der Waals surface area contributed by atoms with E-state index < -0.39 is 77.9 Å². The molecule has 0 heterocycles. The Kier molecular flexibility index (Phi) is 10.1. The average Bonchev–Trinajstić information content (AvgIpc) is 3.00. The maximum absolute atomic E-state index is 15.1. The Labute approximate surface area is 273 Å². The van der Waals surface area contributed by atoms with Gasteiger partial charge in [0.05, 0.1) is 5.56 Å². The summed E-state index contributed by atoms with van der Waals surface area (Å²) >= 11 is 0. The van der Waals surface area contributed by atoms with Crippen molar-refractivity contribution in [3.8, 4) is 45.3 Å². The van der Waals surface area contributed by atoms with E-state index in [4.69, 9.17) is 4.74 Å². The summed E-state index contributed by atoms with van der Waals surface area (Å²) in [5, 5.41) is 0. The van der Waals surface area contributed by atoms with E-state index in [9.17, 15) is 60.7 Å². The molecule has 0 N–H and O–H groups in total. The molecule has 7 nitrogen and oxygen atoms in total. The van der Waals surface area contributed by atoms with Crippen molar-refractivity contribution in [2.24, 2.45) is 0 Å². The van der Waals surface area contributed by atoms with Crippen molar-refractivity contribution in [1.82, 2.24) is 0 Å². The molecular formula is C29H16F12O7S2. The van der Waals surface area contributed by atoms with Crippen LogP contribution in [0.1, 0.15) is 5.56 Å². The van der Waals surface area contributed by atoms with Gasteiger partial charge in [-0.25, -0.2) is 8.78 Å². The highest BCUT2D eigenvalue weighted by molar-refractivity contribution is 7.88. The van der Waals surface area contributed by atoms with Crippen LogP contribution < -0.4 is 13.1 Å². The minimum absolute atomic E-state index is 0.0776. The van der Waals surface area contributed by atoms with Gasteiger partial charge in [-0.2, -0.15) is 60.7 Å². The van der Waals surface area contributed by atoms with Gasteiger partial charge in [0.1, 0.15) is 23.0 Å². The van der Waals surface area contributed by atoms with Crippen LogP contribution in [0.4, 0.5) is 52.7 Å². The quantitative estimate of drug-likeness (QED) is 0.0853. The third kappa shape index (κ3) is 7.87. The van der Waals surface area contributed by atoms with Crippen molar-refractivity contribution < 1.29 is 82.6 Å². The molecule has 0 aromatic heterocycles. The molecule has 0 aliphatic heterocycles. The highest BCUT2D eigenvalue weighted by Crippen LogP contribution is 2.51. The van der Waals surface area contributed by atoms with Gasteiger partial charge in [-0.3, -0.25) is 0 Å². The topological polar surface area (TPSA) is 96.0 Å². The number of halogens is 12. The number of rotatable bonds is 11. The molecule has 0 aliphatic rings. The molecule has 0 radical (unpaired) electrons. The Morgan fingerprint density at radius 1 is 0.500 bits per heavy atom. The van der Waals surface area contributed by atoms with E-state index in [0.717, 1.165) is 54.6 Å². The first-order valence-corrected chi connectivity index (χ1v) is 15.9. The smallest absolute Gasteiger partial charge is 0.457 e. The summed E-state index contributed by atoms with van der Waals surface area (Å²) in [6, 6.07) is 13.8. The number of benzene rings is 4. The van der Waals surface area contributed by atoms with Gasteiger partial charge < -0.3 is 13.1 Å². The van der Waals surface area contributed by atoms with Crippen LogP contribution in [0.5, 0.6) is 23.0 Å². The predicted molar refractivity (Wildman–Crippen MR) is 150 cm³/mol. The van der Waals surface area contributed by atoms with Crippen LogP contribution in [-0.2, 0) is 26.2 Å². The lowest BCUT2D eigenvalue weighted by atomic mass is 9.96. The summed E-state index contributed by atoms with van der Waals surface area (Å²) in [5.74, 6) is -14.8. The second-order valence-corrected chi connectivity index (χ2v) is 12.9. The summed E-state index contributed by atoms with van der Waals surface area (Å²) in [5.41, 5.74) is -14.0. The molecule has 0 spiro atoms. The molecule has 0 unspecified atom stereocenters. The van der Waals surface area contributed by atoms with Crippen molar-refractivity contribution in [2.45, 2.75) is 29.3 Å². The standard InChI is InChI=1S/C29H16F12O7S2/c30-25(31)27(34,35)26(32,33)23-15-19(18-4-2-6-22(14-18)48-50(44,45)29(39,40)41)9-12-24(23)46-20-10-7-16(8-11-20)17-3-1-5-21(13-17)47-49(42,43)28(36,37)38/h1-15,25H. The average molecular weight is 769 g/mol. The summed E-state index contributed by atoms with van der Waals surface area (Å²) < 4.78 is 220. The fraction of sp³-hybridized carbons (Fsp3) is 0.172. The zero-order valence-corrected chi connectivity index (χ0v) is 25.6. The van der Waals surface area contributed by atoms with Gasteiger partial charge in [-0.05, 0) is 70.8 Å². The molecule has 4 rings (SSSR count). The van der Waals surface area contributed by atoms with E-state index in [0.29, 0.717) is 12.1 Å². The fourth-order valence-corrected chi connectivity index (χ4v) is 4.91. The lowest BCUT2D eigenvalue weighted by Gasteiger charge is -2.28. The largest absolute Gasteiger partial charge is 0.534 e. The highest BCUT2D eigenvalue weighted by atomic mass is 32.2. The molecular weight excluding hydrogens is 752 g/mol. The second-order valence-electron chi connectivity index (χ2n) is 9.86. The monoisotopic (exact) mass is 768 g/mol. The molecule has 4 aromatic rings. The summed E-state index contributed by atoms with van der Waals surface area (Å²) in [7, 11) is -12.2. The molecule has 0 bridgehead atoms. The molecule has 0 atom stereocenters. The van der Waals surface area contributed by atoms with Crippen LogP contribution in [0.25, 0.3) is 22.3 Å². The van der Waals surface area contributed by atoms with Crippen LogP contribution in [0.3, 0.4) is 0 Å². The van der Waals surface area contributed by atoms with Gasteiger partial charge in [0.25, 0.3) is 0 Å². The Morgan fingerprint density at radius 3 is 1.36 bits per heavy atom. The van der Waals surface area contributed by atoms with E-state index in [-0.39, 0.29) is 28.5 Å². The Bertz CT molecular complexity index is 2080. The summed E-state index contributed by atoms with van der Waals surface area (Å²) in [4.78, 5) is 0. The van der Waals surface area contributed by atoms with Gasteiger partial charge >= 0.3 is 49.5 Å². The van der Waals surface area contributed by atoms with E-state index in [2.05, 4.69) is 8.37 Å². The fourth-order valence-electron chi connectivity index (χ4n) is 4.01. The van der Waals surface area contributed by atoms with E-state index >= 15 is 8.78 Å². The predicted octanol–water partition coefficient (Wildman–Crippen LogP) is 9.26. The van der Waals surface area contributed by atoms with Crippen molar-refractivity contribution in [1.29, 1.82) is 0 Å². The lowest BCUT2D eigenvalue weighted by molar-refractivity contribution is -0.270. The number of hydrogen-bond acceptors (Lipinski definition) is 7. The molecule has 0 fully saturated rings. The van der Waals surface area contributed by atoms with E-state index in [1.54, 1.807) is 0 Å². The number of hydrogen-bond donors (Lipinski definition) is 0. The third-order valence-electron chi connectivity index (χ3n) is 6.41. The zero-order chi connectivity index (χ0) is 37.5. The molecule has 21 heteroatoms. The van der Waals surface area contributed by atoms with Gasteiger partial charge in [-0.15, -0.1) is 0 Å². The van der Waals surface area contributed by atoms with Crippen molar-refractivity contribution in [3.05, 3.63) is 96.6 Å². The minimum Gasteiger partial charge on any atom is -0.457 e. The summed E-state index contributed by atoms with van der Waals surface area (Å²) in [6.07, 6.45) is -4.90. The number of alkyl halides is 12. The molecule has 270 valence electrons. The van der Waals surface area contributed by atoms with Gasteiger partial charge in [-0.1, -0.05) is 42.5 Å². The molecule has 4 aromatic carbocycles. The summed E-state index contributed by atoms with van der Waals surface area (Å²) in [6.45, 7) is 0. The van der Waals surface area contributed by atoms with Crippen LogP contribution in [0.2, 0.25) is 0 Å². The molecule has 0 aliphatic carbocycles. The lowest BCUT2D eigenvalue weighted by Crippen LogP contribution is -2.44. The Hall–Kier alpha value is -4.66. The molecule has 0 saturated carbocycles. The van der Waals surface area contributed by atoms with Crippen LogP contribution in [-0.4, -0.2) is 40.2 Å². The van der Waals surface area contributed by atoms with Crippen LogP contribution in [0, 0.1) is 0 Å². The maximum atomic E-state index is 15.1. The third-order valence-corrected chi connectivity index (χ3v) is 8.36. The Morgan fingerprint density at radius 2 is 0.920 bits per heavy atom. The van der Waals surface area contributed by atoms with Gasteiger partial charge in [0.2, 0.25) is 0 Å². The van der Waals surface area contributed by atoms with E-state index in [1.807, 2.05) is 0 Å². The maximum Gasteiger partial charge on any atom is 0.534 e. The Balaban J connectivity index is 1.71. The SMILES string of the molecule is O=S(=O)(Oc1cccc(-c2ccc(Oc3ccc(-c4cccc(OS(=O)(=O)C(F)(F)F)c4)cc3C(F)(F)C(F)(F)C(F)F)cc2)c1)C(F)(F)F. The number of ether oxygens (including phenoxy) is 1. The van der Waals surface area contributed by atoms with Crippen molar-refractivity contribution in [2.75, 3.05) is 0 Å².